The molecule has 29 heavy (non-hydrogen) atoms. The number of anilines is 1. The van der Waals surface area contributed by atoms with E-state index in [-0.39, 0.29) is 17.9 Å². The summed E-state index contributed by atoms with van der Waals surface area (Å²) in [5.41, 5.74) is 1.72. The molecule has 0 aromatic heterocycles. The van der Waals surface area contributed by atoms with E-state index in [1.165, 1.54) is 0 Å². The van der Waals surface area contributed by atoms with E-state index in [0.29, 0.717) is 18.8 Å². The highest BCUT2D eigenvalue weighted by atomic mass is 16.5. The molecule has 152 valence electrons. The summed E-state index contributed by atoms with van der Waals surface area (Å²) in [6.07, 6.45) is 2.23. The van der Waals surface area contributed by atoms with Crippen molar-refractivity contribution in [2.75, 3.05) is 18.0 Å². The van der Waals surface area contributed by atoms with E-state index >= 15 is 0 Å². The molecule has 2 aromatic carbocycles. The van der Waals surface area contributed by atoms with E-state index in [1.807, 2.05) is 66.4 Å². The van der Waals surface area contributed by atoms with Crippen molar-refractivity contribution in [2.24, 2.45) is 0 Å². The Balaban J connectivity index is 1.69. The topological polar surface area (TPSA) is 70.7 Å². The summed E-state index contributed by atoms with van der Waals surface area (Å²) in [7, 11) is 0. The van der Waals surface area contributed by atoms with Crippen molar-refractivity contribution in [3.63, 3.8) is 0 Å². The van der Waals surface area contributed by atoms with Crippen LogP contribution in [0.4, 0.5) is 5.69 Å². The van der Waals surface area contributed by atoms with Crippen LogP contribution in [0.25, 0.3) is 0 Å². The lowest BCUT2D eigenvalue weighted by Crippen LogP contribution is -2.52. The van der Waals surface area contributed by atoms with Crippen LogP contribution in [0.1, 0.15) is 37.8 Å². The number of ether oxygens (including phenoxy) is 1. The van der Waals surface area contributed by atoms with Crippen molar-refractivity contribution >= 4 is 17.5 Å². The lowest BCUT2D eigenvalue weighted by molar-refractivity contribution is -0.128. The summed E-state index contributed by atoms with van der Waals surface area (Å²) >= 11 is 0. The Kier molecular flexibility index (Phi) is 5.69. The molecule has 0 radical (unpaired) electrons. The predicted molar refractivity (Wildman–Crippen MR) is 112 cm³/mol. The minimum Gasteiger partial charge on any atom is -0.477 e. The standard InChI is InChI=1S/C23H27N3O3/c1-2-14-24-22(27)20-15-26(18-10-6-7-11-19(18)29-20)21(16-8-4-3-5-9-16)23(28)25-17-12-13-17/h3-11,17,20-21H,2,12-15H2,1H3,(H,24,27)(H,25,28)/t20-,21+/m1/s1. The summed E-state index contributed by atoms with van der Waals surface area (Å²) in [6.45, 7) is 2.92. The Morgan fingerprint density at radius 1 is 1.10 bits per heavy atom. The number of hydrogen-bond donors (Lipinski definition) is 2. The van der Waals surface area contributed by atoms with Crippen LogP contribution < -0.4 is 20.3 Å². The first-order valence-electron chi connectivity index (χ1n) is 10.3. The van der Waals surface area contributed by atoms with Gasteiger partial charge in [-0.15, -0.1) is 0 Å². The third-order valence-corrected chi connectivity index (χ3v) is 5.25. The van der Waals surface area contributed by atoms with Gasteiger partial charge in [0.1, 0.15) is 11.8 Å². The SMILES string of the molecule is CCCNC(=O)[C@H]1CN([C@H](C(=O)NC2CC2)c2ccccc2)c2ccccc2O1. The Labute approximate surface area is 171 Å². The molecule has 0 bridgehead atoms. The normalized spacial score (nSPS) is 18.9. The van der Waals surface area contributed by atoms with Crippen LogP contribution in [-0.4, -0.2) is 37.0 Å². The third kappa shape index (κ3) is 4.36. The molecule has 6 heteroatoms. The molecular formula is C23H27N3O3. The molecule has 2 atom stereocenters. The van der Waals surface area contributed by atoms with Gasteiger partial charge in [-0.3, -0.25) is 9.59 Å². The molecule has 0 saturated heterocycles. The maximum atomic E-state index is 13.3. The average molecular weight is 393 g/mol. The molecule has 6 nitrogen and oxygen atoms in total. The number of nitrogens with zero attached hydrogens (tertiary/aromatic N) is 1. The zero-order valence-electron chi connectivity index (χ0n) is 16.6. The van der Waals surface area contributed by atoms with Crippen LogP contribution in [0.5, 0.6) is 5.75 Å². The van der Waals surface area contributed by atoms with Gasteiger partial charge in [0.2, 0.25) is 5.91 Å². The molecule has 1 aliphatic carbocycles. The summed E-state index contributed by atoms with van der Waals surface area (Å²) in [5, 5.41) is 6.05. The first-order chi connectivity index (χ1) is 14.2. The van der Waals surface area contributed by atoms with Gasteiger partial charge in [0.05, 0.1) is 12.2 Å². The smallest absolute Gasteiger partial charge is 0.262 e. The van der Waals surface area contributed by atoms with Crippen molar-refractivity contribution in [2.45, 2.75) is 44.4 Å². The van der Waals surface area contributed by atoms with Crippen LogP contribution in [0.15, 0.2) is 54.6 Å². The fourth-order valence-corrected chi connectivity index (χ4v) is 3.62. The first-order valence-corrected chi connectivity index (χ1v) is 10.3. The van der Waals surface area contributed by atoms with Gasteiger partial charge in [0.25, 0.3) is 5.91 Å². The lowest BCUT2D eigenvalue weighted by Gasteiger charge is -2.40. The number of hydrogen-bond acceptors (Lipinski definition) is 4. The molecule has 1 aliphatic heterocycles. The Hall–Kier alpha value is -3.02. The van der Waals surface area contributed by atoms with Crippen LogP contribution in [-0.2, 0) is 9.59 Å². The van der Waals surface area contributed by atoms with Gasteiger partial charge in [-0.1, -0.05) is 49.4 Å². The van der Waals surface area contributed by atoms with E-state index in [2.05, 4.69) is 10.6 Å². The number of amides is 2. The molecule has 2 aromatic rings. The van der Waals surface area contributed by atoms with Gasteiger partial charge >= 0.3 is 0 Å². The number of benzene rings is 2. The predicted octanol–water partition coefficient (Wildman–Crippen LogP) is 2.80. The number of carbonyl (C=O) groups is 2. The number of carbonyl (C=O) groups excluding carboxylic acids is 2. The van der Waals surface area contributed by atoms with Crippen LogP contribution in [0, 0.1) is 0 Å². The van der Waals surface area contributed by atoms with Crippen LogP contribution in [0.3, 0.4) is 0 Å². The van der Waals surface area contributed by atoms with E-state index in [9.17, 15) is 9.59 Å². The van der Waals surface area contributed by atoms with Crippen molar-refractivity contribution in [1.82, 2.24) is 10.6 Å². The number of rotatable bonds is 7. The summed E-state index contributed by atoms with van der Waals surface area (Å²) < 4.78 is 5.99. The van der Waals surface area contributed by atoms with E-state index in [1.54, 1.807) is 0 Å². The van der Waals surface area contributed by atoms with Gasteiger partial charge < -0.3 is 20.3 Å². The molecule has 4 rings (SSSR count). The molecule has 1 fully saturated rings. The largest absolute Gasteiger partial charge is 0.477 e. The monoisotopic (exact) mass is 393 g/mol. The Bertz CT molecular complexity index is 867. The average Bonchev–Trinajstić information content (AvgIpc) is 3.56. The van der Waals surface area contributed by atoms with Crippen molar-refractivity contribution in [3.05, 3.63) is 60.2 Å². The third-order valence-electron chi connectivity index (χ3n) is 5.25. The van der Waals surface area contributed by atoms with Crippen molar-refractivity contribution in [3.8, 4) is 5.75 Å². The fourth-order valence-electron chi connectivity index (χ4n) is 3.62. The minimum absolute atomic E-state index is 0.0388. The highest BCUT2D eigenvalue weighted by Gasteiger charge is 2.38. The van der Waals surface area contributed by atoms with E-state index in [0.717, 1.165) is 30.5 Å². The first kappa shape index (κ1) is 19.3. The Morgan fingerprint density at radius 3 is 2.55 bits per heavy atom. The molecule has 0 unspecified atom stereocenters. The number of fused-ring (bicyclic) bond motifs is 1. The molecule has 0 spiro atoms. The summed E-state index contributed by atoms with van der Waals surface area (Å²) in [4.78, 5) is 27.9. The maximum absolute atomic E-state index is 13.3. The molecule has 2 N–H and O–H groups in total. The fraction of sp³-hybridized carbons (Fsp3) is 0.391. The second kappa shape index (κ2) is 8.55. The van der Waals surface area contributed by atoms with Crippen molar-refractivity contribution < 1.29 is 14.3 Å². The zero-order chi connectivity index (χ0) is 20.2. The highest BCUT2D eigenvalue weighted by molar-refractivity contribution is 5.89. The van der Waals surface area contributed by atoms with Crippen LogP contribution >= 0.6 is 0 Å². The summed E-state index contributed by atoms with van der Waals surface area (Å²) in [5.74, 6) is 0.430. The van der Waals surface area contributed by atoms with Gasteiger partial charge in [0.15, 0.2) is 6.10 Å². The van der Waals surface area contributed by atoms with E-state index in [4.69, 9.17) is 4.74 Å². The van der Waals surface area contributed by atoms with E-state index < -0.39 is 12.1 Å². The second-order valence-corrected chi connectivity index (χ2v) is 7.61. The molecule has 1 heterocycles. The number of nitrogens with one attached hydrogen (secondary N) is 2. The van der Waals surface area contributed by atoms with Gasteiger partial charge in [-0.2, -0.15) is 0 Å². The highest BCUT2D eigenvalue weighted by Crippen LogP contribution is 2.39. The molecule has 1 saturated carbocycles. The van der Waals surface area contributed by atoms with Crippen molar-refractivity contribution in [1.29, 1.82) is 0 Å². The quantitative estimate of drug-likeness (QED) is 0.759. The Morgan fingerprint density at radius 2 is 1.83 bits per heavy atom. The molecule has 2 aliphatic rings. The molecule has 2 amide bonds. The molecular weight excluding hydrogens is 366 g/mol. The van der Waals surface area contributed by atoms with Gasteiger partial charge in [-0.25, -0.2) is 0 Å². The summed E-state index contributed by atoms with van der Waals surface area (Å²) in [6, 6.07) is 17.1. The number of para-hydroxylation sites is 2. The van der Waals surface area contributed by atoms with Crippen LogP contribution in [0.2, 0.25) is 0 Å². The zero-order valence-corrected chi connectivity index (χ0v) is 16.6. The lowest BCUT2D eigenvalue weighted by atomic mass is 10.0. The van der Waals surface area contributed by atoms with Gasteiger partial charge in [-0.05, 0) is 37.0 Å². The maximum Gasteiger partial charge on any atom is 0.262 e. The van der Waals surface area contributed by atoms with Gasteiger partial charge in [0, 0.05) is 12.6 Å². The minimum atomic E-state index is -0.670. The second-order valence-electron chi connectivity index (χ2n) is 7.61.